The number of nitrogens with zero attached hydrogens (tertiary/aromatic N) is 2. The number of methoxy groups -OCH3 is 1. The Bertz CT molecular complexity index is 1670. The highest BCUT2D eigenvalue weighted by Crippen LogP contribution is 2.32. The van der Waals surface area contributed by atoms with Crippen LogP contribution in [0.5, 0.6) is 5.75 Å². The summed E-state index contributed by atoms with van der Waals surface area (Å²) in [5, 5.41) is 3.00. The van der Waals surface area contributed by atoms with Crippen LogP contribution < -0.4 is 14.4 Å². The average Bonchev–Trinajstić information content (AvgIpc) is 3.05. The van der Waals surface area contributed by atoms with E-state index in [2.05, 4.69) is 21.2 Å². The van der Waals surface area contributed by atoms with E-state index in [4.69, 9.17) is 4.74 Å². The molecule has 2 amide bonds. The van der Waals surface area contributed by atoms with E-state index >= 15 is 0 Å². The van der Waals surface area contributed by atoms with Crippen molar-refractivity contribution in [1.29, 1.82) is 0 Å². The molecule has 0 spiro atoms. The molecule has 0 radical (unpaired) electrons. The Hall–Kier alpha value is -4.15. The van der Waals surface area contributed by atoms with Crippen molar-refractivity contribution in [3.05, 3.63) is 125 Å². The van der Waals surface area contributed by atoms with Crippen molar-refractivity contribution in [1.82, 2.24) is 10.2 Å². The molecule has 1 atom stereocenters. The van der Waals surface area contributed by atoms with Gasteiger partial charge >= 0.3 is 0 Å². The van der Waals surface area contributed by atoms with Gasteiger partial charge in [-0.05, 0) is 53.4 Å². The van der Waals surface area contributed by atoms with Gasteiger partial charge in [0.05, 0.1) is 17.7 Å². The largest absolute Gasteiger partial charge is 0.495 e. The normalized spacial score (nSPS) is 11.9. The van der Waals surface area contributed by atoms with E-state index in [0.29, 0.717) is 12.3 Å². The topological polar surface area (TPSA) is 96.0 Å². The number of amides is 2. The Balaban J connectivity index is 1.81. The van der Waals surface area contributed by atoms with Gasteiger partial charge in [0.2, 0.25) is 11.8 Å². The minimum atomic E-state index is -4.22. The van der Waals surface area contributed by atoms with Crippen LogP contribution in [0.1, 0.15) is 25.0 Å². The van der Waals surface area contributed by atoms with Crippen LogP contribution in [-0.2, 0) is 32.6 Å². The van der Waals surface area contributed by atoms with Crippen LogP contribution in [0.15, 0.2) is 119 Å². The van der Waals surface area contributed by atoms with E-state index in [1.807, 2.05) is 68.4 Å². The Labute approximate surface area is 274 Å². The fourth-order valence-corrected chi connectivity index (χ4v) is 6.54. The number of carbonyl (C=O) groups excluding carboxylic acids is 2. The second kappa shape index (κ2) is 15.7. The summed E-state index contributed by atoms with van der Waals surface area (Å²) in [4.78, 5) is 29.9. The van der Waals surface area contributed by atoms with E-state index in [1.165, 1.54) is 24.1 Å². The van der Waals surface area contributed by atoms with E-state index in [9.17, 15) is 18.0 Å². The molecule has 0 unspecified atom stereocenters. The number of anilines is 1. The van der Waals surface area contributed by atoms with E-state index < -0.39 is 28.5 Å². The maximum Gasteiger partial charge on any atom is 0.264 e. The van der Waals surface area contributed by atoms with Crippen molar-refractivity contribution in [2.75, 3.05) is 24.5 Å². The predicted molar refractivity (Wildman–Crippen MR) is 180 cm³/mol. The first kappa shape index (κ1) is 33.7. The van der Waals surface area contributed by atoms with Crippen LogP contribution in [0.25, 0.3) is 0 Å². The van der Waals surface area contributed by atoms with Gasteiger partial charge in [0.1, 0.15) is 18.3 Å². The SMILES string of the molecule is COc1ccccc1N(CC(=O)N(Cc1ccc(Br)cc1)[C@H](Cc1ccccc1)C(=O)NCC(C)C)S(=O)(=O)c1ccccc1. The smallest absolute Gasteiger partial charge is 0.264 e. The molecule has 0 aliphatic rings. The summed E-state index contributed by atoms with van der Waals surface area (Å²) in [7, 11) is -2.77. The molecule has 45 heavy (non-hydrogen) atoms. The van der Waals surface area contributed by atoms with Gasteiger partial charge in [-0.3, -0.25) is 13.9 Å². The Kier molecular flexibility index (Phi) is 11.8. The number of benzene rings is 4. The average molecular weight is 693 g/mol. The van der Waals surface area contributed by atoms with Gasteiger partial charge in [-0.2, -0.15) is 0 Å². The Morgan fingerprint density at radius 1 is 0.822 bits per heavy atom. The molecule has 0 aromatic heterocycles. The molecule has 4 aromatic rings. The van der Waals surface area contributed by atoms with E-state index in [0.717, 1.165) is 19.9 Å². The van der Waals surface area contributed by atoms with Gasteiger partial charge < -0.3 is 15.0 Å². The highest BCUT2D eigenvalue weighted by molar-refractivity contribution is 9.10. The standard InChI is InChI=1S/C35H38BrN3O5S/c1-26(2)23-37-35(41)32(22-27-12-6-4-7-13-27)38(24-28-18-20-29(36)21-19-28)34(40)25-39(31-16-10-11-17-33(31)44-3)45(42,43)30-14-8-5-9-15-30/h4-21,26,32H,22-25H2,1-3H3,(H,37,41)/t32-/m1/s1. The third-order valence-electron chi connectivity index (χ3n) is 7.19. The van der Waals surface area contributed by atoms with Crippen molar-refractivity contribution in [2.45, 2.75) is 37.8 Å². The minimum Gasteiger partial charge on any atom is -0.495 e. The molecule has 0 aliphatic carbocycles. The molecule has 0 saturated heterocycles. The highest BCUT2D eigenvalue weighted by Gasteiger charge is 2.35. The number of ether oxygens (including phenoxy) is 1. The molecule has 8 nitrogen and oxygen atoms in total. The number of nitrogens with one attached hydrogen (secondary N) is 1. The summed E-state index contributed by atoms with van der Waals surface area (Å²) in [6.45, 7) is 3.95. The number of halogens is 1. The molecular formula is C35H38BrN3O5S. The zero-order valence-corrected chi connectivity index (χ0v) is 28.0. The van der Waals surface area contributed by atoms with Crippen molar-refractivity contribution in [3.63, 3.8) is 0 Å². The molecule has 0 saturated carbocycles. The van der Waals surface area contributed by atoms with E-state index in [1.54, 1.807) is 42.5 Å². The number of hydrogen-bond donors (Lipinski definition) is 1. The second-order valence-corrected chi connectivity index (χ2v) is 13.8. The quantitative estimate of drug-likeness (QED) is 0.173. The number of hydrogen-bond acceptors (Lipinski definition) is 5. The minimum absolute atomic E-state index is 0.0266. The molecule has 236 valence electrons. The Morgan fingerprint density at radius 2 is 1.42 bits per heavy atom. The summed E-state index contributed by atoms with van der Waals surface area (Å²) in [5.74, 6) is -0.365. The first-order valence-corrected chi connectivity index (χ1v) is 16.9. The van der Waals surface area contributed by atoms with Gasteiger partial charge in [0.15, 0.2) is 0 Å². The number of sulfonamides is 1. The molecule has 0 aliphatic heterocycles. The van der Waals surface area contributed by atoms with Crippen LogP contribution in [0, 0.1) is 5.92 Å². The lowest BCUT2D eigenvalue weighted by molar-refractivity contribution is -0.140. The molecule has 4 aromatic carbocycles. The number of carbonyl (C=O) groups is 2. The monoisotopic (exact) mass is 691 g/mol. The third-order valence-corrected chi connectivity index (χ3v) is 9.49. The zero-order chi connectivity index (χ0) is 32.4. The van der Waals surface area contributed by atoms with Crippen LogP contribution in [0.2, 0.25) is 0 Å². The summed E-state index contributed by atoms with van der Waals surface area (Å²) in [6, 6.07) is 30.6. The molecule has 4 rings (SSSR count). The van der Waals surface area contributed by atoms with Gasteiger partial charge in [-0.25, -0.2) is 8.42 Å². The molecule has 0 fully saturated rings. The third kappa shape index (κ3) is 8.95. The summed E-state index contributed by atoms with van der Waals surface area (Å²) in [5.41, 5.74) is 1.87. The van der Waals surface area contributed by atoms with Crippen molar-refractivity contribution in [3.8, 4) is 5.75 Å². The van der Waals surface area contributed by atoms with Gasteiger partial charge in [0, 0.05) is 24.0 Å². The van der Waals surface area contributed by atoms with Crippen LogP contribution in [-0.4, -0.2) is 51.4 Å². The lowest BCUT2D eigenvalue weighted by Crippen LogP contribution is -2.53. The predicted octanol–water partition coefficient (Wildman–Crippen LogP) is 6.07. The number of para-hydroxylation sites is 2. The molecule has 1 N–H and O–H groups in total. The lowest BCUT2D eigenvalue weighted by Gasteiger charge is -2.34. The van der Waals surface area contributed by atoms with E-state index in [-0.39, 0.29) is 35.4 Å². The molecule has 0 heterocycles. The maximum absolute atomic E-state index is 14.5. The Morgan fingerprint density at radius 3 is 2.04 bits per heavy atom. The highest BCUT2D eigenvalue weighted by atomic mass is 79.9. The van der Waals surface area contributed by atoms with Gasteiger partial charge in [-0.15, -0.1) is 0 Å². The molecular weight excluding hydrogens is 654 g/mol. The second-order valence-electron chi connectivity index (χ2n) is 11.0. The molecule has 10 heteroatoms. The van der Waals surface area contributed by atoms with Crippen molar-refractivity contribution in [2.24, 2.45) is 5.92 Å². The number of rotatable bonds is 14. The fourth-order valence-electron chi connectivity index (χ4n) is 4.83. The van der Waals surface area contributed by atoms with Crippen LogP contribution in [0.3, 0.4) is 0 Å². The lowest BCUT2D eigenvalue weighted by atomic mass is 10.0. The van der Waals surface area contributed by atoms with Crippen molar-refractivity contribution >= 4 is 43.5 Å². The van der Waals surface area contributed by atoms with Gasteiger partial charge in [-0.1, -0.05) is 103 Å². The molecule has 0 bridgehead atoms. The maximum atomic E-state index is 14.5. The fraction of sp³-hybridized carbons (Fsp3) is 0.257. The van der Waals surface area contributed by atoms with Crippen LogP contribution >= 0.6 is 15.9 Å². The summed E-state index contributed by atoms with van der Waals surface area (Å²) >= 11 is 3.46. The first-order chi connectivity index (χ1) is 21.6. The zero-order valence-electron chi connectivity index (χ0n) is 25.6. The van der Waals surface area contributed by atoms with Crippen LogP contribution in [0.4, 0.5) is 5.69 Å². The summed E-state index contributed by atoms with van der Waals surface area (Å²) in [6.07, 6.45) is 0.243. The summed E-state index contributed by atoms with van der Waals surface area (Å²) < 4.78 is 35.7. The van der Waals surface area contributed by atoms with Crippen molar-refractivity contribution < 1.29 is 22.7 Å². The first-order valence-electron chi connectivity index (χ1n) is 14.7. The van der Waals surface area contributed by atoms with Gasteiger partial charge in [0.25, 0.3) is 10.0 Å².